The monoisotopic (exact) mass is 279 g/mol. The van der Waals surface area contributed by atoms with Gasteiger partial charge in [-0.15, -0.1) is 0 Å². The summed E-state index contributed by atoms with van der Waals surface area (Å²) in [7, 11) is 0. The Hall–Kier alpha value is -1.65. The third-order valence-electron chi connectivity index (χ3n) is 4.30. The summed E-state index contributed by atoms with van der Waals surface area (Å²) in [6.07, 6.45) is 6.69. The summed E-state index contributed by atoms with van der Waals surface area (Å²) in [5.74, 6) is -1.03. The molecule has 110 valence electrons. The number of hydrogen-bond acceptors (Lipinski definition) is 3. The fraction of sp³-hybridized carbons (Fsp3) is 0.667. The molecule has 3 unspecified atom stereocenters. The van der Waals surface area contributed by atoms with Crippen molar-refractivity contribution >= 4 is 17.8 Å². The van der Waals surface area contributed by atoms with Crippen LogP contribution < -0.4 is 0 Å². The maximum absolute atomic E-state index is 12.2. The van der Waals surface area contributed by atoms with Gasteiger partial charge in [0.25, 0.3) is 0 Å². The van der Waals surface area contributed by atoms with Crippen LogP contribution in [0.3, 0.4) is 0 Å². The predicted molar refractivity (Wildman–Crippen MR) is 72.7 cm³/mol. The lowest BCUT2D eigenvalue weighted by atomic mass is 9.85. The number of nitrogens with zero attached hydrogens (tertiary/aromatic N) is 1. The number of carbonyl (C=O) groups excluding carboxylic acids is 2. The molecule has 1 aliphatic heterocycles. The van der Waals surface area contributed by atoms with E-state index in [4.69, 9.17) is 5.11 Å². The Labute approximate surface area is 118 Å². The van der Waals surface area contributed by atoms with Crippen molar-refractivity contribution in [2.45, 2.75) is 39.0 Å². The van der Waals surface area contributed by atoms with Gasteiger partial charge in [0.2, 0.25) is 11.8 Å². The minimum Gasteiger partial charge on any atom is -0.481 e. The Kier molecular flexibility index (Phi) is 4.57. The number of rotatable bonds is 6. The molecule has 1 N–H and O–H groups in total. The van der Waals surface area contributed by atoms with Crippen LogP contribution in [0.4, 0.5) is 0 Å². The van der Waals surface area contributed by atoms with Gasteiger partial charge in [-0.1, -0.05) is 19.1 Å². The smallest absolute Gasteiger partial charge is 0.303 e. The van der Waals surface area contributed by atoms with E-state index in [1.54, 1.807) is 0 Å². The van der Waals surface area contributed by atoms with Gasteiger partial charge in [0.05, 0.1) is 11.8 Å². The fourth-order valence-electron chi connectivity index (χ4n) is 2.95. The van der Waals surface area contributed by atoms with Crippen molar-refractivity contribution < 1.29 is 19.5 Å². The third kappa shape index (κ3) is 3.08. The molecule has 2 rings (SSSR count). The highest BCUT2D eigenvalue weighted by Gasteiger charge is 2.46. The van der Waals surface area contributed by atoms with Gasteiger partial charge in [-0.05, 0) is 31.6 Å². The van der Waals surface area contributed by atoms with E-state index in [2.05, 4.69) is 0 Å². The van der Waals surface area contributed by atoms with Crippen molar-refractivity contribution in [2.24, 2.45) is 17.8 Å². The van der Waals surface area contributed by atoms with Crippen LogP contribution in [-0.2, 0) is 14.4 Å². The minimum absolute atomic E-state index is 0.0465. The highest BCUT2D eigenvalue weighted by atomic mass is 16.4. The van der Waals surface area contributed by atoms with Gasteiger partial charge in [0.15, 0.2) is 0 Å². The first kappa shape index (κ1) is 14.8. The van der Waals surface area contributed by atoms with Crippen LogP contribution in [0.15, 0.2) is 12.2 Å². The van der Waals surface area contributed by atoms with Gasteiger partial charge in [-0.2, -0.15) is 0 Å². The Morgan fingerprint density at radius 1 is 1.25 bits per heavy atom. The Bertz CT molecular complexity index is 417. The number of carboxylic acid groups (broad SMARTS) is 1. The number of allylic oxidation sites excluding steroid dienone is 2. The van der Waals surface area contributed by atoms with E-state index in [-0.39, 0.29) is 36.0 Å². The zero-order valence-corrected chi connectivity index (χ0v) is 11.7. The number of amides is 2. The van der Waals surface area contributed by atoms with Crippen LogP contribution in [0, 0.1) is 17.8 Å². The van der Waals surface area contributed by atoms with Crippen LogP contribution in [0.5, 0.6) is 0 Å². The van der Waals surface area contributed by atoms with Gasteiger partial charge in [0, 0.05) is 13.0 Å². The van der Waals surface area contributed by atoms with Gasteiger partial charge < -0.3 is 5.11 Å². The van der Waals surface area contributed by atoms with Crippen molar-refractivity contribution in [3.8, 4) is 0 Å². The molecular weight excluding hydrogens is 258 g/mol. The summed E-state index contributed by atoms with van der Waals surface area (Å²) in [4.78, 5) is 36.3. The molecule has 0 spiro atoms. The summed E-state index contributed by atoms with van der Waals surface area (Å²) in [6.45, 7) is 2.38. The summed E-state index contributed by atoms with van der Waals surface area (Å²) in [6, 6.07) is 0. The van der Waals surface area contributed by atoms with E-state index in [0.717, 1.165) is 0 Å². The molecule has 1 fully saturated rings. The largest absolute Gasteiger partial charge is 0.481 e. The lowest BCUT2D eigenvalue weighted by molar-refractivity contribution is -0.141. The average Bonchev–Trinajstić information content (AvgIpc) is 2.67. The number of carbonyl (C=O) groups is 3. The van der Waals surface area contributed by atoms with Gasteiger partial charge in [-0.25, -0.2) is 0 Å². The van der Waals surface area contributed by atoms with Crippen LogP contribution in [-0.4, -0.2) is 34.3 Å². The van der Waals surface area contributed by atoms with Gasteiger partial charge >= 0.3 is 5.97 Å². The van der Waals surface area contributed by atoms with Crippen molar-refractivity contribution in [1.82, 2.24) is 4.90 Å². The minimum atomic E-state index is -0.803. The second-order valence-electron chi connectivity index (χ2n) is 5.81. The van der Waals surface area contributed by atoms with Crippen LogP contribution in [0.25, 0.3) is 0 Å². The van der Waals surface area contributed by atoms with Crippen LogP contribution >= 0.6 is 0 Å². The molecule has 1 saturated heterocycles. The molecule has 2 aliphatic rings. The summed E-state index contributed by atoms with van der Waals surface area (Å²) in [5, 5.41) is 8.64. The highest BCUT2D eigenvalue weighted by molar-refractivity contribution is 6.05. The number of imide groups is 1. The molecule has 1 heterocycles. The van der Waals surface area contributed by atoms with Crippen molar-refractivity contribution in [1.29, 1.82) is 0 Å². The molecule has 1 aliphatic carbocycles. The Morgan fingerprint density at radius 2 is 1.80 bits per heavy atom. The van der Waals surface area contributed by atoms with E-state index >= 15 is 0 Å². The molecule has 0 aromatic carbocycles. The summed E-state index contributed by atoms with van der Waals surface area (Å²) >= 11 is 0. The molecule has 5 heteroatoms. The molecule has 20 heavy (non-hydrogen) atoms. The second-order valence-corrected chi connectivity index (χ2v) is 5.81. The van der Waals surface area contributed by atoms with E-state index < -0.39 is 5.97 Å². The lowest BCUT2D eigenvalue weighted by Gasteiger charge is -2.17. The zero-order valence-electron chi connectivity index (χ0n) is 11.7. The lowest BCUT2D eigenvalue weighted by Crippen LogP contribution is -2.32. The number of fused-ring (bicyclic) bond motifs is 1. The normalized spacial score (nSPS) is 26.8. The maximum Gasteiger partial charge on any atom is 0.303 e. The molecule has 0 radical (unpaired) electrons. The fourth-order valence-corrected chi connectivity index (χ4v) is 2.95. The van der Waals surface area contributed by atoms with E-state index in [1.165, 1.54) is 4.90 Å². The molecule has 5 nitrogen and oxygen atoms in total. The third-order valence-corrected chi connectivity index (χ3v) is 4.30. The van der Waals surface area contributed by atoms with E-state index in [0.29, 0.717) is 32.2 Å². The Morgan fingerprint density at radius 3 is 2.30 bits per heavy atom. The van der Waals surface area contributed by atoms with Gasteiger partial charge in [-0.3, -0.25) is 19.3 Å². The molecule has 0 bridgehead atoms. The topological polar surface area (TPSA) is 74.7 Å². The molecule has 0 saturated carbocycles. The first-order valence-electron chi connectivity index (χ1n) is 7.22. The summed E-state index contributed by atoms with van der Waals surface area (Å²) < 4.78 is 0. The quantitative estimate of drug-likeness (QED) is 0.594. The second kappa shape index (κ2) is 6.20. The molecule has 0 aromatic heterocycles. The van der Waals surface area contributed by atoms with E-state index in [9.17, 15) is 14.4 Å². The first-order valence-corrected chi connectivity index (χ1v) is 7.22. The number of likely N-dealkylation sites (tertiary alicyclic amines) is 1. The first-order chi connectivity index (χ1) is 9.50. The highest BCUT2D eigenvalue weighted by Crippen LogP contribution is 2.35. The average molecular weight is 279 g/mol. The molecule has 2 amide bonds. The van der Waals surface area contributed by atoms with Crippen molar-refractivity contribution in [3.05, 3.63) is 12.2 Å². The number of hydrogen-bond donors (Lipinski definition) is 1. The summed E-state index contributed by atoms with van der Waals surface area (Å²) in [5.41, 5.74) is 0. The number of aliphatic carboxylic acids is 1. The molecule has 3 atom stereocenters. The predicted octanol–water partition coefficient (Wildman–Crippen LogP) is 1.83. The standard InChI is InChI=1S/C15H21NO4/c1-10(6-7-13(17)18)8-9-16-14(19)11-4-2-3-5-12(11)15(16)20/h2-3,10-12H,4-9H2,1H3,(H,17,18). The zero-order chi connectivity index (χ0) is 14.7. The van der Waals surface area contributed by atoms with Crippen molar-refractivity contribution in [3.63, 3.8) is 0 Å². The maximum atomic E-state index is 12.2. The van der Waals surface area contributed by atoms with Gasteiger partial charge in [0.1, 0.15) is 0 Å². The number of carboxylic acids is 1. The molecule has 0 aromatic rings. The van der Waals surface area contributed by atoms with E-state index in [1.807, 2.05) is 19.1 Å². The Balaban J connectivity index is 1.86. The SMILES string of the molecule is CC(CCC(=O)O)CCN1C(=O)C2CC=CCC2C1=O. The van der Waals surface area contributed by atoms with Crippen LogP contribution in [0.2, 0.25) is 0 Å². The van der Waals surface area contributed by atoms with Crippen LogP contribution in [0.1, 0.15) is 39.0 Å². The van der Waals surface area contributed by atoms with Crippen molar-refractivity contribution in [2.75, 3.05) is 6.54 Å². The molecular formula is C15H21NO4.